The summed E-state index contributed by atoms with van der Waals surface area (Å²) in [5.41, 5.74) is 0.652. The second kappa shape index (κ2) is 5.27. The molecular weight excluding hydrogens is 204 g/mol. The first-order valence-electron chi connectivity index (χ1n) is 5.38. The van der Waals surface area contributed by atoms with Crippen LogP contribution < -0.4 is 10.1 Å². The minimum absolute atomic E-state index is 0.332. The molecule has 1 unspecified atom stereocenters. The van der Waals surface area contributed by atoms with Crippen LogP contribution in [0.1, 0.15) is 26.3 Å². The summed E-state index contributed by atoms with van der Waals surface area (Å²) in [6.45, 7) is 6.31. The Morgan fingerprint density at radius 3 is 2.81 bits per heavy atom. The Morgan fingerprint density at radius 1 is 1.56 bits per heavy atom. The van der Waals surface area contributed by atoms with Gasteiger partial charge in [0.25, 0.3) is 0 Å². The second-order valence-electron chi connectivity index (χ2n) is 4.42. The predicted octanol–water partition coefficient (Wildman–Crippen LogP) is 1.34. The summed E-state index contributed by atoms with van der Waals surface area (Å²) in [6, 6.07) is 3.83. The Bertz CT molecular complexity index is 338. The van der Waals surface area contributed by atoms with Gasteiger partial charge in [-0.3, -0.25) is 0 Å². The van der Waals surface area contributed by atoms with Gasteiger partial charge in [-0.1, -0.05) is 6.07 Å². The van der Waals surface area contributed by atoms with E-state index in [-0.39, 0.29) is 5.54 Å². The van der Waals surface area contributed by atoms with Gasteiger partial charge in [-0.2, -0.15) is 0 Å². The minimum Gasteiger partial charge on any atom is -0.481 e. The first-order valence-corrected chi connectivity index (χ1v) is 5.38. The molecule has 0 saturated carbocycles. The van der Waals surface area contributed by atoms with Crippen molar-refractivity contribution in [2.75, 3.05) is 7.11 Å². The Balaban J connectivity index is 2.67. The number of aliphatic hydroxyl groups excluding tert-OH is 1. The fourth-order valence-corrected chi connectivity index (χ4v) is 1.21. The van der Waals surface area contributed by atoms with Crippen LogP contribution in [0.2, 0.25) is 0 Å². The number of hydrogen-bond acceptors (Lipinski definition) is 4. The van der Waals surface area contributed by atoms with Crippen molar-refractivity contribution >= 4 is 0 Å². The Hall–Kier alpha value is -1.13. The number of methoxy groups -OCH3 is 1. The van der Waals surface area contributed by atoms with Crippen molar-refractivity contribution in [1.29, 1.82) is 0 Å². The average Bonchev–Trinajstić information content (AvgIpc) is 2.26. The lowest BCUT2D eigenvalue weighted by Crippen LogP contribution is -2.47. The van der Waals surface area contributed by atoms with E-state index in [9.17, 15) is 5.11 Å². The lowest BCUT2D eigenvalue weighted by molar-refractivity contribution is 0.0954. The number of nitrogens with zero attached hydrogens (tertiary/aromatic N) is 1. The molecule has 0 amide bonds. The summed E-state index contributed by atoms with van der Waals surface area (Å²) in [5, 5.41) is 12.9. The molecule has 0 aliphatic carbocycles. The van der Waals surface area contributed by atoms with E-state index < -0.39 is 6.10 Å². The number of rotatable bonds is 5. The molecule has 0 radical (unpaired) electrons. The van der Waals surface area contributed by atoms with Crippen LogP contribution in [0.5, 0.6) is 5.88 Å². The molecule has 90 valence electrons. The van der Waals surface area contributed by atoms with Crippen molar-refractivity contribution in [2.45, 2.75) is 39.0 Å². The fraction of sp³-hybridized carbons (Fsp3) is 0.583. The summed E-state index contributed by atoms with van der Waals surface area (Å²) < 4.78 is 5.16. The summed E-state index contributed by atoms with van der Waals surface area (Å²) in [5.74, 6) is 0.622. The molecule has 1 aromatic heterocycles. The fourth-order valence-electron chi connectivity index (χ4n) is 1.21. The van der Waals surface area contributed by atoms with Crippen molar-refractivity contribution in [2.24, 2.45) is 0 Å². The zero-order valence-corrected chi connectivity index (χ0v) is 10.3. The van der Waals surface area contributed by atoms with Crippen LogP contribution in [0, 0.1) is 0 Å². The maximum absolute atomic E-state index is 9.58. The largest absolute Gasteiger partial charge is 0.481 e. The molecule has 1 rings (SSSR count). The van der Waals surface area contributed by atoms with Gasteiger partial charge in [0, 0.05) is 23.8 Å². The Labute approximate surface area is 96.7 Å². The molecule has 0 bridgehead atoms. The second-order valence-corrected chi connectivity index (χ2v) is 4.42. The zero-order chi connectivity index (χ0) is 12.2. The highest BCUT2D eigenvalue weighted by Gasteiger charge is 2.23. The van der Waals surface area contributed by atoms with Crippen LogP contribution in [0.25, 0.3) is 0 Å². The van der Waals surface area contributed by atoms with Crippen molar-refractivity contribution in [1.82, 2.24) is 10.3 Å². The summed E-state index contributed by atoms with van der Waals surface area (Å²) >= 11 is 0. The van der Waals surface area contributed by atoms with Crippen LogP contribution >= 0.6 is 0 Å². The van der Waals surface area contributed by atoms with E-state index >= 15 is 0 Å². The number of aliphatic hydroxyl groups is 1. The standard InChI is InChI=1S/C12H20N2O2/c1-9(15)12(2,3)14-8-10-6-5-7-13-11(10)16-4/h5-7,9,14-15H,8H2,1-4H3. The molecular formula is C12H20N2O2. The van der Waals surface area contributed by atoms with E-state index in [2.05, 4.69) is 10.3 Å². The molecule has 4 nitrogen and oxygen atoms in total. The van der Waals surface area contributed by atoms with Gasteiger partial charge in [-0.05, 0) is 26.8 Å². The zero-order valence-electron chi connectivity index (χ0n) is 10.3. The average molecular weight is 224 g/mol. The summed E-state index contributed by atoms with van der Waals surface area (Å²) in [7, 11) is 1.60. The van der Waals surface area contributed by atoms with Crippen LogP contribution in [0.15, 0.2) is 18.3 Å². The smallest absolute Gasteiger partial charge is 0.217 e. The van der Waals surface area contributed by atoms with E-state index in [1.54, 1.807) is 20.2 Å². The van der Waals surface area contributed by atoms with Gasteiger partial charge in [0.1, 0.15) is 0 Å². The molecule has 16 heavy (non-hydrogen) atoms. The van der Waals surface area contributed by atoms with Gasteiger partial charge in [-0.15, -0.1) is 0 Å². The SMILES string of the molecule is COc1ncccc1CNC(C)(C)C(C)O. The molecule has 0 saturated heterocycles. The maximum atomic E-state index is 9.58. The van der Waals surface area contributed by atoms with Gasteiger partial charge in [0.05, 0.1) is 13.2 Å². The number of aromatic nitrogens is 1. The molecule has 0 aliphatic rings. The monoisotopic (exact) mass is 224 g/mol. The molecule has 0 spiro atoms. The first kappa shape index (κ1) is 12.9. The Morgan fingerprint density at radius 2 is 2.25 bits per heavy atom. The van der Waals surface area contributed by atoms with Crippen molar-refractivity contribution in [3.8, 4) is 5.88 Å². The van der Waals surface area contributed by atoms with E-state index in [0.29, 0.717) is 12.4 Å². The number of hydrogen-bond donors (Lipinski definition) is 2. The molecule has 0 aromatic carbocycles. The molecule has 1 atom stereocenters. The van der Waals surface area contributed by atoms with Crippen molar-refractivity contribution < 1.29 is 9.84 Å². The molecule has 0 fully saturated rings. The first-order chi connectivity index (χ1) is 7.47. The van der Waals surface area contributed by atoms with E-state index in [1.807, 2.05) is 26.0 Å². The molecule has 1 aromatic rings. The quantitative estimate of drug-likeness (QED) is 0.792. The highest BCUT2D eigenvalue weighted by Crippen LogP contribution is 2.16. The molecule has 2 N–H and O–H groups in total. The van der Waals surface area contributed by atoms with E-state index in [0.717, 1.165) is 5.56 Å². The third kappa shape index (κ3) is 3.18. The van der Waals surface area contributed by atoms with Gasteiger partial charge < -0.3 is 15.2 Å². The molecule has 0 aliphatic heterocycles. The third-order valence-electron chi connectivity index (χ3n) is 2.82. The predicted molar refractivity (Wildman–Crippen MR) is 63.4 cm³/mol. The van der Waals surface area contributed by atoms with Crippen molar-refractivity contribution in [3.05, 3.63) is 23.9 Å². The topological polar surface area (TPSA) is 54.4 Å². The van der Waals surface area contributed by atoms with Crippen molar-refractivity contribution in [3.63, 3.8) is 0 Å². The highest BCUT2D eigenvalue weighted by molar-refractivity contribution is 5.25. The number of ether oxygens (including phenoxy) is 1. The number of nitrogens with one attached hydrogen (secondary N) is 1. The normalized spacial score (nSPS) is 13.6. The highest BCUT2D eigenvalue weighted by atomic mass is 16.5. The molecule has 1 heterocycles. The Kier molecular flexibility index (Phi) is 4.26. The maximum Gasteiger partial charge on any atom is 0.217 e. The van der Waals surface area contributed by atoms with Gasteiger partial charge in [0.15, 0.2) is 0 Å². The van der Waals surface area contributed by atoms with Crippen LogP contribution in [-0.4, -0.2) is 28.8 Å². The lowest BCUT2D eigenvalue weighted by Gasteiger charge is -2.29. The van der Waals surface area contributed by atoms with Crippen LogP contribution in [-0.2, 0) is 6.54 Å². The molecule has 4 heteroatoms. The third-order valence-corrected chi connectivity index (χ3v) is 2.82. The van der Waals surface area contributed by atoms with E-state index in [4.69, 9.17) is 4.74 Å². The van der Waals surface area contributed by atoms with Gasteiger partial charge in [-0.25, -0.2) is 4.98 Å². The summed E-state index contributed by atoms with van der Waals surface area (Å²) in [6.07, 6.45) is 1.28. The minimum atomic E-state index is -0.421. The number of pyridine rings is 1. The van der Waals surface area contributed by atoms with Gasteiger partial charge >= 0.3 is 0 Å². The lowest BCUT2D eigenvalue weighted by atomic mass is 9.98. The van der Waals surface area contributed by atoms with Gasteiger partial charge in [0.2, 0.25) is 5.88 Å². The van der Waals surface area contributed by atoms with E-state index in [1.165, 1.54) is 0 Å². The summed E-state index contributed by atoms with van der Waals surface area (Å²) in [4.78, 5) is 4.12. The van der Waals surface area contributed by atoms with Crippen LogP contribution in [0.4, 0.5) is 0 Å². The van der Waals surface area contributed by atoms with Crippen LogP contribution in [0.3, 0.4) is 0 Å².